The molecule has 2 aromatic carbocycles. The zero-order chi connectivity index (χ0) is 18.4. The van der Waals surface area contributed by atoms with Gasteiger partial charge in [-0.3, -0.25) is 4.90 Å². The summed E-state index contributed by atoms with van der Waals surface area (Å²) in [6.07, 6.45) is 0. The molecule has 5 heteroatoms. The lowest BCUT2D eigenvalue weighted by Crippen LogP contribution is -2.32. The summed E-state index contributed by atoms with van der Waals surface area (Å²) in [6, 6.07) is 8.58. The third kappa shape index (κ3) is 2.78. The van der Waals surface area contributed by atoms with Gasteiger partial charge in [-0.2, -0.15) is 0 Å². The Labute approximate surface area is 150 Å². The number of nitrogens with zero attached hydrogens (tertiary/aromatic N) is 1. The van der Waals surface area contributed by atoms with Crippen molar-refractivity contribution in [1.82, 2.24) is 4.90 Å². The second-order valence-corrected chi connectivity index (χ2v) is 6.89. The van der Waals surface area contributed by atoms with Crippen LogP contribution in [-0.4, -0.2) is 11.6 Å². The lowest BCUT2D eigenvalue weighted by atomic mass is 9.99. The highest BCUT2D eigenvalue weighted by atomic mass is 19.1. The monoisotopic (exact) mass is 353 g/mol. The van der Waals surface area contributed by atoms with E-state index in [1.165, 1.54) is 12.1 Å². The lowest BCUT2D eigenvalue weighted by Gasteiger charge is -2.30. The maximum atomic E-state index is 13.1. The molecule has 0 amide bonds. The summed E-state index contributed by atoms with van der Waals surface area (Å²) >= 11 is 0. The molecule has 4 nitrogen and oxygen atoms in total. The van der Waals surface area contributed by atoms with Crippen LogP contribution in [0, 0.1) is 26.6 Å². The summed E-state index contributed by atoms with van der Waals surface area (Å²) in [5, 5.41) is 0.950. The third-order valence-corrected chi connectivity index (χ3v) is 5.11. The highest BCUT2D eigenvalue weighted by molar-refractivity contribution is 5.87. The molecule has 0 saturated carbocycles. The van der Waals surface area contributed by atoms with Gasteiger partial charge in [-0.25, -0.2) is 9.18 Å². The van der Waals surface area contributed by atoms with Gasteiger partial charge >= 0.3 is 5.63 Å². The van der Waals surface area contributed by atoms with Crippen LogP contribution < -0.4 is 10.4 Å². The topological polar surface area (TPSA) is 42.7 Å². The van der Waals surface area contributed by atoms with Crippen LogP contribution in [0.2, 0.25) is 0 Å². The highest BCUT2D eigenvalue weighted by Gasteiger charge is 2.23. The SMILES string of the molecule is Cc1c(C)c2cc3c(c(C)c2oc1=O)OCN(Cc1ccc(F)cc1)C3. The van der Waals surface area contributed by atoms with Crippen molar-refractivity contribution in [1.29, 1.82) is 0 Å². The van der Waals surface area contributed by atoms with Gasteiger partial charge in [-0.1, -0.05) is 12.1 Å². The van der Waals surface area contributed by atoms with Crippen molar-refractivity contribution in [2.24, 2.45) is 0 Å². The minimum atomic E-state index is -0.299. The molecule has 2 heterocycles. The molecular weight excluding hydrogens is 333 g/mol. The first-order valence-electron chi connectivity index (χ1n) is 8.60. The van der Waals surface area contributed by atoms with Crippen LogP contribution in [0.25, 0.3) is 11.0 Å². The predicted octanol–water partition coefficient (Wildman–Crippen LogP) is 4.21. The molecule has 134 valence electrons. The molecule has 0 fully saturated rings. The van der Waals surface area contributed by atoms with Crippen molar-refractivity contribution < 1.29 is 13.5 Å². The molecule has 26 heavy (non-hydrogen) atoms. The molecule has 0 unspecified atom stereocenters. The van der Waals surface area contributed by atoms with Crippen LogP contribution in [0.1, 0.15) is 27.8 Å². The quantitative estimate of drug-likeness (QED) is 0.647. The Morgan fingerprint density at radius 3 is 2.54 bits per heavy atom. The van der Waals surface area contributed by atoms with Crippen LogP contribution in [0.3, 0.4) is 0 Å². The number of halogens is 1. The van der Waals surface area contributed by atoms with Gasteiger partial charge in [-0.05, 0) is 50.1 Å². The maximum Gasteiger partial charge on any atom is 0.339 e. The molecule has 0 N–H and O–H groups in total. The molecule has 0 spiro atoms. The Kier molecular flexibility index (Phi) is 4.04. The van der Waals surface area contributed by atoms with Crippen LogP contribution in [0.15, 0.2) is 39.5 Å². The molecule has 0 saturated heterocycles. The number of benzene rings is 2. The van der Waals surface area contributed by atoms with Crippen molar-refractivity contribution >= 4 is 11.0 Å². The van der Waals surface area contributed by atoms with Gasteiger partial charge in [0.25, 0.3) is 0 Å². The molecule has 0 atom stereocenters. The van der Waals surface area contributed by atoms with Crippen molar-refractivity contribution in [2.75, 3.05) is 6.73 Å². The van der Waals surface area contributed by atoms with Crippen molar-refractivity contribution in [3.63, 3.8) is 0 Å². The highest BCUT2D eigenvalue weighted by Crippen LogP contribution is 2.36. The summed E-state index contributed by atoms with van der Waals surface area (Å²) in [5.41, 5.74) is 4.85. The zero-order valence-corrected chi connectivity index (χ0v) is 15.1. The molecule has 1 aliphatic rings. The number of hydrogen-bond acceptors (Lipinski definition) is 4. The van der Waals surface area contributed by atoms with Crippen LogP contribution in [0.5, 0.6) is 5.75 Å². The van der Waals surface area contributed by atoms with E-state index in [2.05, 4.69) is 11.0 Å². The van der Waals surface area contributed by atoms with Gasteiger partial charge in [0.2, 0.25) is 0 Å². The Morgan fingerprint density at radius 2 is 1.81 bits per heavy atom. The van der Waals surface area contributed by atoms with E-state index in [1.807, 2.05) is 13.8 Å². The Bertz CT molecular complexity index is 1050. The normalized spacial score (nSPS) is 14.3. The molecule has 0 radical (unpaired) electrons. The molecule has 0 bridgehead atoms. The molecule has 3 aromatic rings. The van der Waals surface area contributed by atoms with E-state index in [0.29, 0.717) is 24.4 Å². The van der Waals surface area contributed by atoms with E-state index in [-0.39, 0.29) is 11.4 Å². The van der Waals surface area contributed by atoms with Crippen LogP contribution >= 0.6 is 0 Å². The molecule has 4 rings (SSSR count). The van der Waals surface area contributed by atoms with Gasteiger partial charge in [0, 0.05) is 35.2 Å². The van der Waals surface area contributed by atoms with Gasteiger partial charge in [0.05, 0.1) is 0 Å². The molecular formula is C21H20FNO3. The number of aryl methyl sites for hydroxylation is 2. The molecule has 0 aliphatic carbocycles. The largest absolute Gasteiger partial charge is 0.477 e. The minimum absolute atomic E-state index is 0.233. The maximum absolute atomic E-state index is 13.1. The lowest BCUT2D eigenvalue weighted by molar-refractivity contribution is 0.0881. The average Bonchev–Trinajstić information content (AvgIpc) is 2.63. The molecule has 1 aromatic heterocycles. The van der Waals surface area contributed by atoms with Crippen molar-refractivity contribution in [3.8, 4) is 5.75 Å². The van der Waals surface area contributed by atoms with Crippen molar-refractivity contribution in [3.05, 3.63) is 74.4 Å². The van der Waals surface area contributed by atoms with Crippen LogP contribution in [0.4, 0.5) is 4.39 Å². The van der Waals surface area contributed by atoms with Gasteiger partial charge < -0.3 is 9.15 Å². The zero-order valence-electron chi connectivity index (χ0n) is 15.1. The fourth-order valence-electron chi connectivity index (χ4n) is 3.50. The fraction of sp³-hybridized carbons (Fsp3) is 0.286. The first-order valence-corrected chi connectivity index (χ1v) is 8.60. The van der Waals surface area contributed by atoms with E-state index < -0.39 is 0 Å². The van der Waals surface area contributed by atoms with E-state index in [9.17, 15) is 9.18 Å². The smallest absolute Gasteiger partial charge is 0.339 e. The fourth-order valence-corrected chi connectivity index (χ4v) is 3.50. The minimum Gasteiger partial charge on any atom is -0.477 e. The molecule has 1 aliphatic heterocycles. The number of ether oxygens (including phenoxy) is 1. The number of rotatable bonds is 2. The number of hydrogen-bond donors (Lipinski definition) is 0. The summed E-state index contributed by atoms with van der Waals surface area (Å²) in [4.78, 5) is 14.2. The van der Waals surface area contributed by atoms with Gasteiger partial charge in [0.1, 0.15) is 23.9 Å². The summed E-state index contributed by atoms with van der Waals surface area (Å²) in [6.45, 7) is 7.49. The predicted molar refractivity (Wildman–Crippen MR) is 97.8 cm³/mol. The van der Waals surface area contributed by atoms with Gasteiger partial charge in [0.15, 0.2) is 0 Å². The van der Waals surface area contributed by atoms with E-state index in [4.69, 9.17) is 9.15 Å². The first-order chi connectivity index (χ1) is 12.4. The Balaban J connectivity index is 1.71. The Morgan fingerprint density at radius 1 is 1.08 bits per heavy atom. The van der Waals surface area contributed by atoms with E-state index in [0.717, 1.165) is 39.9 Å². The summed E-state index contributed by atoms with van der Waals surface area (Å²) in [5.74, 6) is 0.558. The summed E-state index contributed by atoms with van der Waals surface area (Å²) < 4.78 is 24.6. The second kappa shape index (κ2) is 6.25. The average molecular weight is 353 g/mol. The first kappa shape index (κ1) is 16.8. The standard InChI is InChI=1S/C21H20FNO3/c1-12-13(2)21(24)26-20-14(3)19-16(8-18(12)20)10-23(11-25-19)9-15-4-6-17(22)7-5-15/h4-8H,9-11H2,1-3H3. The van der Waals surface area contributed by atoms with Crippen molar-refractivity contribution in [2.45, 2.75) is 33.9 Å². The van der Waals surface area contributed by atoms with E-state index >= 15 is 0 Å². The van der Waals surface area contributed by atoms with Crippen LogP contribution in [-0.2, 0) is 13.1 Å². The third-order valence-electron chi connectivity index (χ3n) is 5.11. The summed E-state index contributed by atoms with van der Waals surface area (Å²) in [7, 11) is 0. The second-order valence-electron chi connectivity index (χ2n) is 6.89. The Hall–Kier alpha value is -2.66. The van der Waals surface area contributed by atoms with Gasteiger partial charge in [-0.15, -0.1) is 0 Å². The number of fused-ring (bicyclic) bond motifs is 2. The van der Waals surface area contributed by atoms with E-state index in [1.54, 1.807) is 19.1 Å².